The van der Waals surface area contributed by atoms with Gasteiger partial charge in [0.25, 0.3) is 0 Å². The molecular weight excluding hydrogens is 226 g/mol. The lowest BCUT2D eigenvalue weighted by Crippen LogP contribution is -2.42. The Bertz CT molecular complexity index is 387. The maximum absolute atomic E-state index is 12.2. The van der Waals surface area contributed by atoms with Crippen molar-refractivity contribution < 1.29 is 4.79 Å². The van der Waals surface area contributed by atoms with E-state index in [0.717, 1.165) is 5.56 Å². The Morgan fingerprint density at radius 3 is 2.89 bits per heavy atom. The van der Waals surface area contributed by atoms with Gasteiger partial charge in [-0.05, 0) is 38.3 Å². The first-order chi connectivity index (χ1) is 8.66. The number of amides is 1. The Morgan fingerprint density at radius 2 is 2.33 bits per heavy atom. The molecule has 18 heavy (non-hydrogen) atoms. The molecule has 0 radical (unpaired) electrons. The van der Waals surface area contributed by atoms with Crippen LogP contribution in [-0.2, 0) is 11.3 Å². The molecule has 1 aliphatic carbocycles. The molecule has 2 rings (SSSR count). The van der Waals surface area contributed by atoms with Gasteiger partial charge in [-0.3, -0.25) is 9.78 Å². The predicted molar refractivity (Wildman–Crippen MR) is 70.9 cm³/mol. The zero-order valence-corrected chi connectivity index (χ0v) is 11.1. The number of pyridine rings is 1. The lowest BCUT2D eigenvalue weighted by atomic mass is 10.2. The fourth-order valence-electron chi connectivity index (χ4n) is 1.87. The van der Waals surface area contributed by atoms with Crippen LogP contribution in [0.1, 0.15) is 32.3 Å². The molecule has 0 spiro atoms. The monoisotopic (exact) mass is 247 g/mol. The van der Waals surface area contributed by atoms with E-state index >= 15 is 0 Å². The van der Waals surface area contributed by atoms with Crippen LogP contribution in [0.4, 0.5) is 0 Å². The Kier molecular flexibility index (Phi) is 4.31. The van der Waals surface area contributed by atoms with Crippen LogP contribution in [0, 0.1) is 0 Å². The number of hydrogen-bond acceptors (Lipinski definition) is 3. The molecule has 1 aromatic heterocycles. The van der Waals surface area contributed by atoms with Crippen molar-refractivity contribution in [3.8, 4) is 0 Å². The van der Waals surface area contributed by atoms with Gasteiger partial charge in [-0.1, -0.05) is 6.07 Å². The van der Waals surface area contributed by atoms with E-state index in [1.165, 1.54) is 12.8 Å². The van der Waals surface area contributed by atoms with Gasteiger partial charge in [0.15, 0.2) is 0 Å². The fraction of sp³-hybridized carbons (Fsp3) is 0.571. The van der Waals surface area contributed by atoms with E-state index in [9.17, 15) is 4.79 Å². The summed E-state index contributed by atoms with van der Waals surface area (Å²) < 4.78 is 0. The molecular formula is C14H21N3O. The summed E-state index contributed by atoms with van der Waals surface area (Å²) in [5, 5.41) is 3.27. The van der Waals surface area contributed by atoms with Crippen LogP contribution in [-0.4, -0.2) is 34.4 Å². The summed E-state index contributed by atoms with van der Waals surface area (Å²) in [6.07, 6.45) is 5.98. The molecule has 0 saturated heterocycles. The molecule has 0 unspecified atom stereocenters. The molecule has 0 aliphatic heterocycles. The highest BCUT2D eigenvalue weighted by molar-refractivity contribution is 5.78. The zero-order chi connectivity index (χ0) is 13.0. The van der Waals surface area contributed by atoms with Gasteiger partial charge >= 0.3 is 0 Å². The maximum Gasteiger partial charge on any atom is 0.237 e. The van der Waals surface area contributed by atoms with Crippen LogP contribution in [0.5, 0.6) is 0 Å². The number of hydrogen-bond donors (Lipinski definition) is 1. The lowest BCUT2D eigenvalue weighted by Gasteiger charge is -2.27. The van der Waals surface area contributed by atoms with E-state index in [0.29, 0.717) is 19.1 Å². The Hall–Kier alpha value is -1.42. The Balaban J connectivity index is 1.91. The first-order valence-corrected chi connectivity index (χ1v) is 6.58. The van der Waals surface area contributed by atoms with Crippen molar-refractivity contribution in [2.24, 2.45) is 0 Å². The van der Waals surface area contributed by atoms with Crippen molar-refractivity contribution in [2.75, 3.05) is 6.54 Å². The highest BCUT2D eigenvalue weighted by Gasteiger charge is 2.23. The highest BCUT2D eigenvalue weighted by atomic mass is 16.2. The van der Waals surface area contributed by atoms with Crippen LogP contribution < -0.4 is 5.32 Å². The van der Waals surface area contributed by atoms with Gasteiger partial charge in [0, 0.05) is 31.0 Å². The first-order valence-electron chi connectivity index (χ1n) is 6.58. The molecule has 1 fully saturated rings. The van der Waals surface area contributed by atoms with Crippen LogP contribution in [0.2, 0.25) is 0 Å². The Morgan fingerprint density at radius 1 is 1.56 bits per heavy atom. The third-order valence-electron chi connectivity index (χ3n) is 3.14. The minimum absolute atomic E-state index is 0.167. The summed E-state index contributed by atoms with van der Waals surface area (Å²) in [5.41, 5.74) is 1.07. The van der Waals surface area contributed by atoms with E-state index in [4.69, 9.17) is 0 Å². The smallest absolute Gasteiger partial charge is 0.237 e. The number of rotatable bonds is 6. The molecule has 1 aliphatic rings. The van der Waals surface area contributed by atoms with Crippen LogP contribution in [0.15, 0.2) is 24.5 Å². The van der Waals surface area contributed by atoms with Crippen molar-refractivity contribution in [3.63, 3.8) is 0 Å². The number of carbonyl (C=O) groups is 1. The fourth-order valence-corrected chi connectivity index (χ4v) is 1.87. The van der Waals surface area contributed by atoms with Crippen molar-refractivity contribution in [1.82, 2.24) is 15.2 Å². The van der Waals surface area contributed by atoms with E-state index in [-0.39, 0.29) is 11.9 Å². The topological polar surface area (TPSA) is 45.2 Å². The lowest BCUT2D eigenvalue weighted by molar-refractivity contribution is -0.132. The second-order valence-corrected chi connectivity index (χ2v) is 5.13. The van der Waals surface area contributed by atoms with Gasteiger partial charge < -0.3 is 10.2 Å². The third-order valence-corrected chi connectivity index (χ3v) is 3.14. The predicted octanol–water partition coefficient (Wildman–Crippen LogP) is 1.57. The number of nitrogens with one attached hydrogen (secondary N) is 1. The minimum atomic E-state index is 0.167. The molecule has 1 heterocycles. The normalized spacial score (nSPS) is 14.8. The van der Waals surface area contributed by atoms with Crippen molar-refractivity contribution in [1.29, 1.82) is 0 Å². The molecule has 1 aromatic rings. The van der Waals surface area contributed by atoms with Crippen LogP contribution in [0.3, 0.4) is 0 Å². The summed E-state index contributed by atoms with van der Waals surface area (Å²) in [4.78, 5) is 18.1. The molecule has 4 heteroatoms. The Labute approximate surface area is 108 Å². The average Bonchev–Trinajstić information content (AvgIpc) is 3.18. The molecule has 0 bridgehead atoms. The number of nitrogens with zero attached hydrogens (tertiary/aromatic N) is 2. The summed E-state index contributed by atoms with van der Waals surface area (Å²) >= 11 is 0. The first kappa shape index (κ1) is 13.0. The quantitative estimate of drug-likeness (QED) is 0.830. The molecule has 1 saturated carbocycles. The standard InChI is InChI=1S/C14H21N3O/c1-11(2)17(10-12-4-3-7-15-8-12)14(18)9-16-13-5-6-13/h3-4,7-8,11,13,16H,5-6,9-10H2,1-2H3. The molecule has 0 aromatic carbocycles. The summed E-state index contributed by atoms with van der Waals surface area (Å²) in [5.74, 6) is 0.167. The number of carbonyl (C=O) groups excluding carboxylic acids is 1. The summed E-state index contributed by atoms with van der Waals surface area (Å²) in [6, 6.07) is 4.69. The number of aromatic nitrogens is 1. The van der Waals surface area contributed by atoms with Gasteiger partial charge in [0.05, 0.1) is 6.54 Å². The molecule has 1 amide bonds. The van der Waals surface area contributed by atoms with Crippen molar-refractivity contribution in [3.05, 3.63) is 30.1 Å². The second-order valence-electron chi connectivity index (χ2n) is 5.13. The van der Waals surface area contributed by atoms with Gasteiger partial charge in [0.2, 0.25) is 5.91 Å². The van der Waals surface area contributed by atoms with Gasteiger partial charge in [-0.2, -0.15) is 0 Å². The zero-order valence-electron chi connectivity index (χ0n) is 11.1. The third kappa shape index (κ3) is 3.81. The summed E-state index contributed by atoms with van der Waals surface area (Å²) in [6.45, 7) is 5.18. The average molecular weight is 247 g/mol. The van der Waals surface area contributed by atoms with Crippen molar-refractivity contribution >= 4 is 5.91 Å². The van der Waals surface area contributed by atoms with Gasteiger partial charge in [-0.15, -0.1) is 0 Å². The minimum Gasteiger partial charge on any atom is -0.335 e. The van der Waals surface area contributed by atoms with Crippen LogP contribution >= 0.6 is 0 Å². The maximum atomic E-state index is 12.2. The van der Waals surface area contributed by atoms with Gasteiger partial charge in [-0.25, -0.2) is 0 Å². The largest absolute Gasteiger partial charge is 0.335 e. The van der Waals surface area contributed by atoms with Gasteiger partial charge in [0.1, 0.15) is 0 Å². The second kappa shape index (κ2) is 5.96. The van der Waals surface area contributed by atoms with Crippen LogP contribution in [0.25, 0.3) is 0 Å². The van der Waals surface area contributed by atoms with Crippen molar-refractivity contribution in [2.45, 2.75) is 45.3 Å². The van der Waals surface area contributed by atoms with E-state index in [1.807, 2.05) is 37.1 Å². The molecule has 4 nitrogen and oxygen atoms in total. The highest BCUT2D eigenvalue weighted by Crippen LogP contribution is 2.18. The van der Waals surface area contributed by atoms with E-state index < -0.39 is 0 Å². The summed E-state index contributed by atoms with van der Waals surface area (Å²) in [7, 11) is 0. The SMILES string of the molecule is CC(C)N(Cc1cccnc1)C(=O)CNC1CC1. The van der Waals surface area contributed by atoms with E-state index in [2.05, 4.69) is 10.3 Å². The molecule has 1 N–H and O–H groups in total. The molecule has 98 valence electrons. The molecule has 0 atom stereocenters. The van der Waals surface area contributed by atoms with E-state index in [1.54, 1.807) is 6.20 Å².